The maximum atomic E-state index is 12.9. The zero-order valence-corrected chi connectivity index (χ0v) is 18.1. The highest BCUT2D eigenvalue weighted by Crippen LogP contribution is 2.30. The fraction of sp³-hybridized carbons (Fsp3) is 0.350. The minimum Gasteiger partial charge on any atom is -0.497 e. The molecule has 1 heterocycles. The first-order chi connectivity index (χ1) is 14.9. The number of carbonyl (C=O) groups excluding carboxylic acids is 1. The van der Waals surface area contributed by atoms with Gasteiger partial charge in [0.2, 0.25) is 10.0 Å². The van der Waals surface area contributed by atoms with Gasteiger partial charge in [0.05, 0.1) is 26.0 Å². The third-order valence-corrected chi connectivity index (χ3v) is 5.34. The van der Waals surface area contributed by atoms with E-state index in [4.69, 9.17) is 4.74 Å². The molecule has 2 aromatic carbocycles. The molecule has 1 N–H and O–H groups in total. The molecule has 174 valence electrons. The number of urea groups is 1. The van der Waals surface area contributed by atoms with Crippen LogP contribution in [0.1, 0.15) is 17.2 Å². The van der Waals surface area contributed by atoms with Gasteiger partial charge in [-0.15, -0.1) is 18.0 Å². The molecule has 1 saturated heterocycles. The normalized spacial score (nSPS) is 17.0. The van der Waals surface area contributed by atoms with Crippen LogP contribution in [0.2, 0.25) is 0 Å². The molecule has 0 aromatic heterocycles. The number of halogens is 3. The van der Waals surface area contributed by atoms with Gasteiger partial charge in [-0.1, -0.05) is 24.3 Å². The molecule has 2 aromatic rings. The predicted molar refractivity (Wildman–Crippen MR) is 109 cm³/mol. The van der Waals surface area contributed by atoms with E-state index in [0.717, 1.165) is 16.8 Å². The Kier molecular flexibility index (Phi) is 6.84. The van der Waals surface area contributed by atoms with Gasteiger partial charge in [0, 0.05) is 6.54 Å². The van der Waals surface area contributed by atoms with E-state index in [9.17, 15) is 26.4 Å². The summed E-state index contributed by atoms with van der Waals surface area (Å²) in [4.78, 5) is 16.6. The molecule has 1 atom stereocenters. The highest BCUT2D eigenvalue weighted by atomic mass is 32.2. The van der Waals surface area contributed by atoms with Crippen LogP contribution in [-0.2, 0) is 16.4 Å². The molecular formula is C20H22F3N3O5S. The quantitative estimate of drug-likeness (QED) is 0.637. The number of hydrazine groups is 1. The fourth-order valence-corrected chi connectivity index (χ4v) is 3.94. The summed E-state index contributed by atoms with van der Waals surface area (Å²) in [7, 11) is -2.13. The Morgan fingerprint density at radius 1 is 1.06 bits per heavy atom. The van der Waals surface area contributed by atoms with Crippen molar-refractivity contribution in [3.63, 3.8) is 0 Å². The Hall–Kier alpha value is -2.99. The summed E-state index contributed by atoms with van der Waals surface area (Å²) in [5, 5.41) is 1.03. The lowest BCUT2D eigenvalue weighted by Gasteiger charge is -2.23. The molecule has 0 bridgehead atoms. The number of methoxy groups -OCH3 is 1. The molecule has 2 amide bonds. The Morgan fingerprint density at radius 2 is 1.66 bits per heavy atom. The molecule has 1 fully saturated rings. The molecule has 12 heteroatoms. The third-order valence-electron chi connectivity index (χ3n) is 4.78. The van der Waals surface area contributed by atoms with Crippen LogP contribution >= 0.6 is 0 Å². The van der Waals surface area contributed by atoms with Crippen molar-refractivity contribution in [2.45, 2.75) is 18.8 Å². The van der Waals surface area contributed by atoms with Crippen LogP contribution in [0.25, 0.3) is 0 Å². The summed E-state index contributed by atoms with van der Waals surface area (Å²) in [6, 6.07) is 11.5. The number of carbonyl (C=O) groups is 1. The molecule has 0 unspecified atom stereocenters. The largest absolute Gasteiger partial charge is 0.573 e. The highest BCUT2D eigenvalue weighted by Gasteiger charge is 2.39. The number of hydrogen-bond acceptors (Lipinski definition) is 5. The zero-order valence-electron chi connectivity index (χ0n) is 17.3. The van der Waals surface area contributed by atoms with Crippen LogP contribution in [0.3, 0.4) is 0 Å². The molecule has 1 aliphatic rings. The van der Waals surface area contributed by atoms with Crippen LogP contribution in [0.15, 0.2) is 48.5 Å². The first-order valence-corrected chi connectivity index (χ1v) is 11.4. The number of alkyl halides is 3. The summed E-state index contributed by atoms with van der Waals surface area (Å²) in [5.74, 6) is 0.301. The number of ether oxygens (including phenoxy) is 2. The van der Waals surface area contributed by atoms with E-state index >= 15 is 0 Å². The van der Waals surface area contributed by atoms with E-state index in [-0.39, 0.29) is 18.8 Å². The maximum Gasteiger partial charge on any atom is 0.573 e. The molecule has 1 aliphatic heterocycles. The first-order valence-electron chi connectivity index (χ1n) is 9.49. The Balaban J connectivity index is 1.76. The van der Waals surface area contributed by atoms with Gasteiger partial charge in [0.25, 0.3) is 0 Å². The van der Waals surface area contributed by atoms with Crippen molar-refractivity contribution in [2.75, 3.05) is 26.5 Å². The lowest BCUT2D eigenvalue weighted by atomic mass is 10.1. The SMILES string of the molecule is COc1ccc([C@H]2CN(NS(C)(=O)=O)C(=O)N2CCc2ccc(OC(F)(F)F)cc2)cc1. The molecule has 0 aliphatic carbocycles. The van der Waals surface area contributed by atoms with Crippen LogP contribution in [0, 0.1) is 0 Å². The minimum absolute atomic E-state index is 0.0938. The number of nitrogens with one attached hydrogen (secondary N) is 1. The Morgan fingerprint density at radius 3 is 2.19 bits per heavy atom. The van der Waals surface area contributed by atoms with Crippen molar-refractivity contribution in [1.29, 1.82) is 0 Å². The van der Waals surface area contributed by atoms with Crippen molar-refractivity contribution in [2.24, 2.45) is 0 Å². The van der Waals surface area contributed by atoms with Crippen LogP contribution in [-0.4, -0.2) is 57.2 Å². The molecule has 32 heavy (non-hydrogen) atoms. The predicted octanol–water partition coefficient (Wildman–Crippen LogP) is 3.08. The highest BCUT2D eigenvalue weighted by molar-refractivity contribution is 7.88. The van der Waals surface area contributed by atoms with Crippen molar-refractivity contribution in [3.8, 4) is 11.5 Å². The monoisotopic (exact) mass is 473 g/mol. The van der Waals surface area contributed by atoms with Crippen molar-refractivity contribution >= 4 is 16.1 Å². The average Bonchev–Trinajstić information content (AvgIpc) is 3.00. The van der Waals surface area contributed by atoms with Gasteiger partial charge in [0.1, 0.15) is 11.5 Å². The molecule has 3 rings (SSSR count). The van der Waals surface area contributed by atoms with E-state index < -0.39 is 28.5 Å². The minimum atomic E-state index is -4.77. The smallest absolute Gasteiger partial charge is 0.497 e. The van der Waals surface area contributed by atoms with Crippen LogP contribution in [0.5, 0.6) is 11.5 Å². The van der Waals surface area contributed by atoms with Gasteiger partial charge in [-0.25, -0.2) is 18.2 Å². The molecule has 0 radical (unpaired) electrons. The van der Waals surface area contributed by atoms with Crippen molar-refractivity contribution in [1.82, 2.24) is 14.7 Å². The van der Waals surface area contributed by atoms with Gasteiger partial charge < -0.3 is 14.4 Å². The van der Waals surface area contributed by atoms with E-state index in [2.05, 4.69) is 9.57 Å². The van der Waals surface area contributed by atoms with Crippen molar-refractivity contribution in [3.05, 3.63) is 59.7 Å². The maximum absolute atomic E-state index is 12.9. The van der Waals surface area contributed by atoms with E-state index in [1.165, 1.54) is 36.3 Å². The van der Waals surface area contributed by atoms with Gasteiger partial charge in [0.15, 0.2) is 0 Å². The second-order valence-electron chi connectivity index (χ2n) is 7.18. The number of amides is 2. The van der Waals surface area contributed by atoms with Crippen molar-refractivity contribution < 1.29 is 35.9 Å². The van der Waals surface area contributed by atoms with Gasteiger partial charge >= 0.3 is 12.4 Å². The summed E-state index contributed by atoms with van der Waals surface area (Å²) < 4.78 is 69.2. The third kappa shape index (κ3) is 6.26. The Labute approximate surface area is 183 Å². The van der Waals surface area contributed by atoms with Gasteiger partial charge in [-0.3, -0.25) is 0 Å². The topological polar surface area (TPSA) is 88.2 Å². The molecule has 0 saturated carbocycles. The average molecular weight is 473 g/mol. The molecule has 0 spiro atoms. The van der Waals surface area contributed by atoms with Gasteiger partial charge in [-0.2, -0.15) is 0 Å². The fourth-order valence-electron chi connectivity index (χ4n) is 3.38. The standard InChI is InChI=1S/C20H22F3N3O5S/c1-30-16-9-5-15(6-10-16)18-13-26(24-32(2,28)29)19(27)25(18)12-11-14-3-7-17(8-4-14)31-20(21,22)23/h3-10,18,24H,11-13H2,1-2H3/t18-/m1/s1. The Bertz CT molecular complexity index is 1040. The summed E-state index contributed by atoms with van der Waals surface area (Å²) in [6.07, 6.45) is -3.47. The number of nitrogens with zero attached hydrogens (tertiary/aromatic N) is 2. The van der Waals surface area contributed by atoms with E-state index in [0.29, 0.717) is 17.7 Å². The number of sulfonamides is 1. The van der Waals surface area contributed by atoms with E-state index in [1.54, 1.807) is 24.3 Å². The summed E-state index contributed by atoms with van der Waals surface area (Å²) >= 11 is 0. The number of hydrogen-bond donors (Lipinski definition) is 1. The lowest BCUT2D eigenvalue weighted by Crippen LogP contribution is -2.44. The zero-order chi connectivity index (χ0) is 23.5. The second-order valence-corrected chi connectivity index (χ2v) is 8.91. The van der Waals surface area contributed by atoms with Gasteiger partial charge in [-0.05, 0) is 41.8 Å². The number of rotatable bonds is 8. The number of benzene rings is 2. The second kappa shape index (κ2) is 9.25. The summed E-state index contributed by atoms with van der Waals surface area (Å²) in [6.45, 7) is 0.313. The molecular weight excluding hydrogens is 451 g/mol. The van der Waals surface area contributed by atoms with Crippen LogP contribution < -0.4 is 14.3 Å². The van der Waals surface area contributed by atoms with E-state index in [1.807, 2.05) is 0 Å². The molecule has 8 nitrogen and oxygen atoms in total. The first kappa shape index (κ1) is 23.7. The summed E-state index contributed by atoms with van der Waals surface area (Å²) in [5.41, 5.74) is 1.47. The lowest BCUT2D eigenvalue weighted by molar-refractivity contribution is -0.274. The van der Waals surface area contributed by atoms with Crippen LogP contribution in [0.4, 0.5) is 18.0 Å².